The average molecular weight is 272 g/mol. The van der Waals surface area contributed by atoms with Crippen molar-refractivity contribution in [1.29, 1.82) is 0 Å². The van der Waals surface area contributed by atoms with Crippen molar-refractivity contribution in [3.05, 3.63) is 34.1 Å². The summed E-state index contributed by atoms with van der Waals surface area (Å²) in [5.41, 5.74) is 6.37. The second-order valence-corrected chi connectivity index (χ2v) is 5.84. The lowest BCUT2D eigenvalue weighted by Gasteiger charge is -2.31. The lowest BCUT2D eigenvalue weighted by molar-refractivity contribution is 0.379. The van der Waals surface area contributed by atoms with Crippen molar-refractivity contribution in [2.45, 2.75) is 37.6 Å². The normalized spacial score (nSPS) is 19.0. The molecule has 0 bridgehead atoms. The quantitative estimate of drug-likeness (QED) is 0.877. The van der Waals surface area contributed by atoms with Crippen molar-refractivity contribution >= 4 is 15.9 Å². The molecule has 3 heteroatoms. The molecule has 0 unspecified atom stereocenters. The maximum Gasteiger partial charge on any atom is 0.127 e. The van der Waals surface area contributed by atoms with Crippen molar-refractivity contribution in [3.8, 4) is 0 Å². The Hall–Kier alpha value is -0.410. The van der Waals surface area contributed by atoms with Crippen molar-refractivity contribution in [1.82, 2.24) is 0 Å². The fourth-order valence-corrected chi connectivity index (χ4v) is 2.61. The van der Waals surface area contributed by atoms with Gasteiger partial charge in [-0.1, -0.05) is 15.9 Å². The van der Waals surface area contributed by atoms with Gasteiger partial charge >= 0.3 is 0 Å². The molecule has 2 N–H and O–H groups in total. The highest BCUT2D eigenvalue weighted by molar-refractivity contribution is 9.10. The lowest BCUT2D eigenvalue weighted by atomic mass is 9.79. The number of halogens is 2. The summed E-state index contributed by atoms with van der Waals surface area (Å²) in [5.74, 6) is -0.144. The molecule has 0 saturated heterocycles. The standard InChI is InChI=1S/C12H15BrFN/c1-11(2,15)12(5-6-12)9-7-8(13)3-4-10(9)14/h3-4,7H,5-6,15H2,1-2H3. The second kappa shape index (κ2) is 3.29. The van der Waals surface area contributed by atoms with Crippen LogP contribution in [-0.2, 0) is 5.41 Å². The Balaban J connectivity index is 2.50. The highest BCUT2D eigenvalue weighted by Crippen LogP contribution is 2.55. The molecule has 82 valence electrons. The molecule has 0 atom stereocenters. The Labute approximate surface area is 98.0 Å². The third-order valence-electron chi connectivity index (χ3n) is 3.43. The van der Waals surface area contributed by atoms with Crippen LogP contribution >= 0.6 is 15.9 Å². The minimum atomic E-state index is -0.366. The van der Waals surface area contributed by atoms with Crippen molar-refractivity contribution in [3.63, 3.8) is 0 Å². The van der Waals surface area contributed by atoms with Crippen LogP contribution in [0.1, 0.15) is 32.3 Å². The molecule has 1 aromatic carbocycles. The van der Waals surface area contributed by atoms with E-state index in [9.17, 15) is 4.39 Å². The topological polar surface area (TPSA) is 26.0 Å². The predicted octanol–water partition coefficient (Wildman–Crippen LogP) is 3.36. The van der Waals surface area contributed by atoms with Gasteiger partial charge in [0, 0.05) is 15.4 Å². The van der Waals surface area contributed by atoms with Crippen LogP contribution in [0.15, 0.2) is 22.7 Å². The maximum atomic E-state index is 13.8. The summed E-state index contributed by atoms with van der Waals surface area (Å²) < 4.78 is 14.7. The Morgan fingerprint density at radius 2 is 2.00 bits per heavy atom. The molecule has 2 rings (SSSR count). The van der Waals surface area contributed by atoms with Crippen LogP contribution < -0.4 is 5.73 Å². The van der Waals surface area contributed by atoms with E-state index in [0.717, 1.165) is 22.9 Å². The van der Waals surface area contributed by atoms with E-state index in [2.05, 4.69) is 15.9 Å². The third kappa shape index (κ3) is 1.72. The van der Waals surface area contributed by atoms with Crippen LogP contribution in [0.25, 0.3) is 0 Å². The number of hydrogen-bond donors (Lipinski definition) is 1. The minimum Gasteiger partial charge on any atom is -0.325 e. The van der Waals surface area contributed by atoms with Crippen LogP contribution in [0.4, 0.5) is 4.39 Å². The van der Waals surface area contributed by atoms with Crippen LogP contribution in [0.2, 0.25) is 0 Å². The van der Waals surface area contributed by atoms with Gasteiger partial charge in [-0.15, -0.1) is 0 Å². The first-order chi connectivity index (χ1) is 6.87. The lowest BCUT2D eigenvalue weighted by Crippen LogP contribution is -2.45. The molecule has 0 radical (unpaired) electrons. The monoisotopic (exact) mass is 271 g/mol. The Kier molecular flexibility index (Phi) is 2.43. The molecule has 1 saturated carbocycles. The van der Waals surface area contributed by atoms with Crippen LogP contribution in [0.3, 0.4) is 0 Å². The summed E-state index contributed by atoms with van der Waals surface area (Å²) in [6.45, 7) is 3.95. The van der Waals surface area contributed by atoms with Gasteiger partial charge in [-0.2, -0.15) is 0 Å². The zero-order chi connectivity index (χ0) is 11.3. The molecule has 0 aliphatic heterocycles. The summed E-state index contributed by atoms with van der Waals surface area (Å²) >= 11 is 3.38. The molecule has 1 aliphatic rings. The molecule has 0 heterocycles. The van der Waals surface area contributed by atoms with Gasteiger partial charge < -0.3 is 5.73 Å². The van der Waals surface area contributed by atoms with Gasteiger partial charge in [-0.25, -0.2) is 4.39 Å². The highest BCUT2D eigenvalue weighted by Gasteiger charge is 2.54. The molecule has 1 aliphatic carbocycles. The fraction of sp³-hybridized carbons (Fsp3) is 0.500. The third-order valence-corrected chi connectivity index (χ3v) is 3.92. The average Bonchev–Trinajstić information content (AvgIpc) is 2.88. The first kappa shape index (κ1) is 11.1. The second-order valence-electron chi connectivity index (χ2n) is 4.93. The van der Waals surface area contributed by atoms with Gasteiger partial charge in [0.2, 0.25) is 0 Å². The number of benzene rings is 1. The van der Waals surface area contributed by atoms with Crippen molar-refractivity contribution in [2.75, 3.05) is 0 Å². The molecule has 1 aromatic rings. The number of hydrogen-bond acceptors (Lipinski definition) is 1. The highest BCUT2D eigenvalue weighted by atomic mass is 79.9. The molecule has 1 fully saturated rings. The van der Waals surface area contributed by atoms with Crippen LogP contribution in [0, 0.1) is 5.82 Å². The van der Waals surface area contributed by atoms with E-state index >= 15 is 0 Å². The van der Waals surface area contributed by atoms with Gasteiger partial charge in [0.1, 0.15) is 5.82 Å². The smallest absolute Gasteiger partial charge is 0.127 e. The number of nitrogens with two attached hydrogens (primary N) is 1. The first-order valence-electron chi connectivity index (χ1n) is 5.11. The van der Waals surface area contributed by atoms with Crippen molar-refractivity contribution in [2.24, 2.45) is 5.73 Å². The summed E-state index contributed by atoms with van der Waals surface area (Å²) in [7, 11) is 0. The van der Waals surface area contributed by atoms with Gasteiger partial charge in [0.05, 0.1) is 0 Å². The number of rotatable bonds is 2. The summed E-state index contributed by atoms with van der Waals surface area (Å²) in [6.07, 6.45) is 1.95. The summed E-state index contributed by atoms with van der Waals surface area (Å²) in [6, 6.07) is 5.08. The molecule has 1 nitrogen and oxygen atoms in total. The predicted molar refractivity (Wildman–Crippen MR) is 63.3 cm³/mol. The van der Waals surface area contributed by atoms with Crippen molar-refractivity contribution < 1.29 is 4.39 Å². The Morgan fingerprint density at radius 1 is 1.40 bits per heavy atom. The van der Waals surface area contributed by atoms with Gasteiger partial charge in [-0.05, 0) is 50.5 Å². The molecule has 15 heavy (non-hydrogen) atoms. The molecule has 0 aromatic heterocycles. The van der Waals surface area contributed by atoms with Gasteiger partial charge in [0.25, 0.3) is 0 Å². The largest absolute Gasteiger partial charge is 0.325 e. The molecule has 0 amide bonds. The summed E-state index contributed by atoms with van der Waals surface area (Å²) in [5, 5.41) is 0. The van der Waals surface area contributed by atoms with E-state index in [-0.39, 0.29) is 16.8 Å². The molecular formula is C12H15BrFN. The zero-order valence-electron chi connectivity index (χ0n) is 8.98. The van der Waals surface area contributed by atoms with E-state index in [0.29, 0.717) is 0 Å². The minimum absolute atomic E-state index is 0.144. The summed E-state index contributed by atoms with van der Waals surface area (Å²) in [4.78, 5) is 0. The van der Waals surface area contributed by atoms with Crippen LogP contribution in [0.5, 0.6) is 0 Å². The Bertz CT molecular complexity index is 391. The zero-order valence-corrected chi connectivity index (χ0v) is 10.6. The maximum absolute atomic E-state index is 13.8. The van der Waals surface area contributed by atoms with E-state index in [1.54, 1.807) is 6.07 Å². The molecule has 0 spiro atoms. The molecular weight excluding hydrogens is 257 g/mol. The van der Waals surface area contributed by atoms with Crippen LogP contribution in [-0.4, -0.2) is 5.54 Å². The van der Waals surface area contributed by atoms with E-state index < -0.39 is 0 Å². The van der Waals surface area contributed by atoms with E-state index in [4.69, 9.17) is 5.73 Å². The van der Waals surface area contributed by atoms with Gasteiger partial charge in [-0.3, -0.25) is 0 Å². The first-order valence-corrected chi connectivity index (χ1v) is 5.90. The fourth-order valence-electron chi connectivity index (χ4n) is 2.25. The van der Waals surface area contributed by atoms with Gasteiger partial charge in [0.15, 0.2) is 0 Å². The van der Waals surface area contributed by atoms with E-state index in [1.165, 1.54) is 6.07 Å². The SMILES string of the molecule is CC(C)(N)C1(c2cc(Br)ccc2F)CC1. The van der Waals surface area contributed by atoms with E-state index in [1.807, 2.05) is 19.9 Å². The Morgan fingerprint density at radius 3 is 2.47 bits per heavy atom.